The second-order valence-electron chi connectivity index (χ2n) is 6.60. The lowest BCUT2D eigenvalue weighted by molar-refractivity contribution is -0.135. The SMILES string of the molecule is Nc1ccc(C2CCCN2C(=O)C2(c3ccccc3F)CC2)nn1. The molecule has 4 rings (SSSR count). The van der Waals surface area contributed by atoms with Crippen LogP contribution in [0.15, 0.2) is 36.4 Å². The van der Waals surface area contributed by atoms with E-state index in [1.807, 2.05) is 11.0 Å². The molecule has 1 saturated heterocycles. The van der Waals surface area contributed by atoms with Gasteiger partial charge < -0.3 is 10.6 Å². The summed E-state index contributed by atoms with van der Waals surface area (Å²) in [7, 11) is 0. The minimum atomic E-state index is -0.699. The highest BCUT2D eigenvalue weighted by atomic mass is 19.1. The minimum Gasteiger partial charge on any atom is -0.382 e. The molecule has 6 heteroatoms. The van der Waals surface area contributed by atoms with Crippen LogP contribution >= 0.6 is 0 Å². The van der Waals surface area contributed by atoms with Crippen molar-refractivity contribution in [2.24, 2.45) is 0 Å². The fourth-order valence-electron chi connectivity index (χ4n) is 3.70. The number of halogens is 1. The van der Waals surface area contributed by atoms with Crippen LogP contribution in [0.1, 0.15) is 43.0 Å². The number of carbonyl (C=O) groups excluding carboxylic acids is 1. The lowest BCUT2D eigenvalue weighted by atomic mass is 9.93. The number of benzene rings is 1. The summed E-state index contributed by atoms with van der Waals surface area (Å²) in [6.07, 6.45) is 3.15. The molecule has 1 saturated carbocycles. The largest absolute Gasteiger partial charge is 0.382 e. The molecule has 1 aromatic heterocycles. The van der Waals surface area contributed by atoms with E-state index in [2.05, 4.69) is 10.2 Å². The summed E-state index contributed by atoms with van der Waals surface area (Å²) in [4.78, 5) is 15.1. The van der Waals surface area contributed by atoms with Crippen LogP contribution in [-0.2, 0) is 10.2 Å². The van der Waals surface area contributed by atoms with Crippen LogP contribution in [0.2, 0.25) is 0 Å². The van der Waals surface area contributed by atoms with Gasteiger partial charge in [0.1, 0.15) is 11.6 Å². The van der Waals surface area contributed by atoms with Gasteiger partial charge in [0, 0.05) is 12.1 Å². The van der Waals surface area contributed by atoms with Crippen molar-refractivity contribution in [3.63, 3.8) is 0 Å². The third-order valence-electron chi connectivity index (χ3n) is 5.11. The first-order valence-electron chi connectivity index (χ1n) is 8.27. The zero-order chi connectivity index (χ0) is 16.7. The van der Waals surface area contributed by atoms with Gasteiger partial charge in [-0.3, -0.25) is 4.79 Å². The maximum Gasteiger partial charge on any atom is 0.233 e. The lowest BCUT2D eigenvalue weighted by Gasteiger charge is -2.29. The molecule has 2 N–H and O–H groups in total. The summed E-state index contributed by atoms with van der Waals surface area (Å²) < 4.78 is 14.2. The topological polar surface area (TPSA) is 72.1 Å². The number of nitrogen functional groups attached to an aromatic ring is 1. The molecule has 24 heavy (non-hydrogen) atoms. The third-order valence-corrected chi connectivity index (χ3v) is 5.11. The lowest BCUT2D eigenvalue weighted by Crippen LogP contribution is -2.39. The Morgan fingerprint density at radius 1 is 1.21 bits per heavy atom. The van der Waals surface area contributed by atoms with Crippen molar-refractivity contribution < 1.29 is 9.18 Å². The molecule has 1 amide bonds. The zero-order valence-corrected chi connectivity index (χ0v) is 13.3. The van der Waals surface area contributed by atoms with E-state index in [1.54, 1.807) is 24.3 Å². The van der Waals surface area contributed by atoms with Gasteiger partial charge in [-0.05, 0) is 43.9 Å². The van der Waals surface area contributed by atoms with Gasteiger partial charge in [-0.25, -0.2) is 4.39 Å². The Kier molecular flexibility index (Phi) is 3.48. The summed E-state index contributed by atoms with van der Waals surface area (Å²) in [5, 5.41) is 8.04. The Morgan fingerprint density at radius 2 is 2.00 bits per heavy atom. The normalized spacial score (nSPS) is 21.7. The molecule has 1 atom stereocenters. The second kappa shape index (κ2) is 5.54. The van der Waals surface area contributed by atoms with Gasteiger partial charge >= 0.3 is 0 Å². The van der Waals surface area contributed by atoms with E-state index >= 15 is 0 Å². The van der Waals surface area contributed by atoms with Crippen molar-refractivity contribution in [3.05, 3.63) is 53.5 Å². The molecule has 0 radical (unpaired) electrons. The van der Waals surface area contributed by atoms with Crippen molar-refractivity contribution in [2.75, 3.05) is 12.3 Å². The van der Waals surface area contributed by atoms with Gasteiger partial charge in [-0.2, -0.15) is 5.10 Å². The summed E-state index contributed by atoms with van der Waals surface area (Å²) >= 11 is 0. The maximum absolute atomic E-state index is 14.2. The predicted molar refractivity (Wildman–Crippen MR) is 87.4 cm³/mol. The fourth-order valence-corrected chi connectivity index (χ4v) is 3.70. The Labute approximate surface area is 139 Å². The van der Waals surface area contributed by atoms with Gasteiger partial charge in [-0.1, -0.05) is 18.2 Å². The highest BCUT2D eigenvalue weighted by molar-refractivity contribution is 5.91. The summed E-state index contributed by atoms with van der Waals surface area (Å²) in [6, 6.07) is 10.0. The van der Waals surface area contributed by atoms with Crippen LogP contribution in [0, 0.1) is 5.82 Å². The van der Waals surface area contributed by atoms with Crippen molar-refractivity contribution >= 4 is 11.7 Å². The Balaban J connectivity index is 1.64. The molecule has 2 fully saturated rings. The molecule has 0 spiro atoms. The van der Waals surface area contributed by atoms with Crippen LogP contribution in [-0.4, -0.2) is 27.5 Å². The van der Waals surface area contributed by atoms with Crippen LogP contribution in [0.4, 0.5) is 10.2 Å². The molecule has 1 unspecified atom stereocenters. The number of hydrogen-bond donors (Lipinski definition) is 1. The molecule has 124 valence electrons. The van der Waals surface area contributed by atoms with E-state index in [-0.39, 0.29) is 17.8 Å². The Hall–Kier alpha value is -2.50. The van der Waals surface area contributed by atoms with Crippen molar-refractivity contribution in [2.45, 2.75) is 37.1 Å². The first-order chi connectivity index (χ1) is 11.6. The summed E-state index contributed by atoms with van der Waals surface area (Å²) in [6.45, 7) is 0.672. The maximum atomic E-state index is 14.2. The first kappa shape index (κ1) is 15.1. The average Bonchev–Trinajstić information content (AvgIpc) is 3.25. The molecule has 2 heterocycles. The molecular weight excluding hydrogens is 307 g/mol. The molecule has 1 aliphatic heterocycles. The van der Waals surface area contributed by atoms with E-state index in [0.29, 0.717) is 30.8 Å². The molecule has 0 bridgehead atoms. The van der Waals surface area contributed by atoms with E-state index in [4.69, 9.17) is 5.73 Å². The molecule has 5 nitrogen and oxygen atoms in total. The van der Waals surface area contributed by atoms with Crippen molar-refractivity contribution in [3.8, 4) is 0 Å². The molecule has 2 aliphatic rings. The van der Waals surface area contributed by atoms with E-state index in [1.165, 1.54) is 6.07 Å². The quantitative estimate of drug-likeness (QED) is 0.941. The fraction of sp³-hybridized carbons (Fsp3) is 0.389. The van der Waals surface area contributed by atoms with Gasteiger partial charge in [0.25, 0.3) is 0 Å². The molecule has 1 aromatic carbocycles. The average molecular weight is 326 g/mol. The van der Waals surface area contributed by atoms with Gasteiger partial charge in [-0.15, -0.1) is 5.10 Å². The smallest absolute Gasteiger partial charge is 0.233 e. The third kappa shape index (κ3) is 2.33. The van der Waals surface area contributed by atoms with Crippen LogP contribution in [0.3, 0.4) is 0 Å². The standard InChI is InChI=1S/C18H19FN4O/c19-13-5-2-1-4-12(13)18(9-10-18)17(24)23-11-3-6-15(23)14-7-8-16(20)22-21-14/h1-2,4-5,7-8,15H,3,6,9-11H2,(H2,20,22). The van der Waals surface area contributed by atoms with Crippen molar-refractivity contribution in [1.29, 1.82) is 0 Å². The highest BCUT2D eigenvalue weighted by Crippen LogP contribution is 2.52. The number of carbonyl (C=O) groups is 1. The number of nitrogens with two attached hydrogens (primary N) is 1. The second-order valence-corrected chi connectivity index (χ2v) is 6.60. The Morgan fingerprint density at radius 3 is 2.67 bits per heavy atom. The van der Waals surface area contributed by atoms with Gasteiger partial charge in [0.15, 0.2) is 0 Å². The van der Waals surface area contributed by atoms with E-state index in [9.17, 15) is 9.18 Å². The number of likely N-dealkylation sites (tertiary alicyclic amines) is 1. The Bertz CT molecular complexity index is 773. The van der Waals surface area contributed by atoms with Crippen molar-refractivity contribution in [1.82, 2.24) is 15.1 Å². The number of aromatic nitrogens is 2. The van der Waals surface area contributed by atoms with Gasteiger partial charge in [0.2, 0.25) is 5.91 Å². The minimum absolute atomic E-state index is 0.00808. The molecular formula is C18H19FN4O. The molecule has 1 aliphatic carbocycles. The van der Waals surface area contributed by atoms with Crippen LogP contribution in [0.25, 0.3) is 0 Å². The number of hydrogen-bond acceptors (Lipinski definition) is 4. The summed E-state index contributed by atoms with van der Waals surface area (Å²) in [5.74, 6) is 0.0692. The zero-order valence-electron chi connectivity index (χ0n) is 13.3. The number of nitrogens with zero attached hydrogens (tertiary/aromatic N) is 3. The number of anilines is 1. The highest BCUT2D eigenvalue weighted by Gasteiger charge is 2.55. The first-order valence-corrected chi connectivity index (χ1v) is 8.27. The molecule has 2 aromatic rings. The number of amides is 1. The van der Waals surface area contributed by atoms with Crippen LogP contribution in [0.5, 0.6) is 0 Å². The van der Waals surface area contributed by atoms with Gasteiger partial charge in [0.05, 0.1) is 17.2 Å². The monoisotopic (exact) mass is 326 g/mol. The summed E-state index contributed by atoms with van der Waals surface area (Å²) in [5.41, 5.74) is 6.16. The van der Waals surface area contributed by atoms with Crippen LogP contribution < -0.4 is 5.73 Å². The number of rotatable bonds is 3. The van der Waals surface area contributed by atoms with E-state index in [0.717, 1.165) is 18.5 Å². The predicted octanol–water partition coefficient (Wildman–Crippen LogP) is 2.59. The van der Waals surface area contributed by atoms with E-state index < -0.39 is 5.41 Å².